The van der Waals surface area contributed by atoms with Crippen LogP contribution in [0.3, 0.4) is 0 Å². The van der Waals surface area contributed by atoms with Crippen LogP contribution < -0.4 is 0 Å². The normalized spacial score (nSPS) is 15.6. The van der Waals surface area contributed by atoms with Gasteiger partial charge in [-0.15, -0.1) is 0 Å². The molecule has 0 amide bonds. The molecule has 0 aliphatic rings. The van der Waals surface area contributed by atoms with Gasteiger partial charge in [-0.3, -0.25) is 0 Å². The highest BCUT2D eigenvalue weighted by molar-refractivity contribution is 5.88. The van der Waals surface area contributed by atoms with Crippen molar-refractivity contribution < 1.29 is 66.6 Å². The van der Waals surface area contributed by atoms with Crippen LogP contribution in [0.4, 0.5) is 57.1 Å². The highest BCUT2D eigenvalue weighted by Crippen LogP contribution is 2.55. The third-order valence-corrected chi connectivity index (χ3v) is 2.65. The zero-order valence-corrected chi connectivity index (χ0v) is 11.9. The predicted octanol–water partition coefficient (Wildman–Crippen LogP) is 4.84. The second-order valence-electron chi connectivity index (χ2n) is 4.70. The number of carbonyl (C=O) groups excluding carboxylic acids is 1. The summed E-state index contributed by atoms with van der Waals surface area (Å²) in [6.07, 6.45) is -21.1. The van der Waals surface area contributed by atoms with Crippen LogP contribution >= 0.6 is 0 Å². The Bertz CT molecular complexity index is 537. The van der Waals surface area contributed by atoms with Crippen LogP contribution in [-0.4, -0.2) is 48.9 Å². The molecule has 0 fully saturated rings. The van der Waals surface area contributed by atoms with Crippen LogP contribution in [0.2, 0.25) is 0 Å². The van der Waals surface area contributed by atoms with E-state index in [1.807, 2.05) is 0 Å². The smallest absolute Gasteiger partial charge is 0.392 e. The van der Waals surface area contributed by atoms with E-state index < -0.39 is 60.9 Å². The maximum Gasteiger partial charge on any atom is 0.473 e. The van der Waals surface area contributed by atoms with Gasteiger partial charge in [0.1, 0.15) is 6.67 Å². The highest BCUT2D eigenvalue weighted by atomic mass is 19.4. The second kappa shape index (κ2) is 7.13. The summed E-state index contributed by atoms with van der Waals surface area (Å²) >= 11 is 0. The molecule has 0 bridgehead atoms. The molecule has 0 N–H and O–H groups in total. The summed E-state index contributed by atoms with van der Waals surface area (Å²) < 4.78 is 168. The summed E-state index contributed by atoms with van der Waals surface area (Å²) in [5.41, 5.74) is -1.60. The topological polar surface area (TPSA) is 26.3 Å². The molecule has 0 saturated carbocycles. The van der Waals surface area contributed by atoms with E-state index in [1.165, 1.54) is 0 Å². The lowest BCUT2D eigenvalue weighted by Gasteiger charge is -2.37. The van der Waals surface area contributed by atoms with Crippen molar-refractivity contribution in [2.45, 2.75) is 42.6 Å². The molecular formula is C11H7F13O2. The molecule has 2 nitrogen and oxygen atoms in total. The Morgan fingerprint density at radius 2 is 1.31 bits per heavy atom. The van der Waals surface area contributed by atoms with Crippen molar-refractivity contribution in [3.05, 3.63) is 12.2 Å². The minimum Gasteiger partial charge on any atom is -0.392 e. The van der Waals surface area contributed by atoms with Gasteiger partial charge in [-0.1, -0.05) is 6.58 Å². The van der Waals surface area contributed by atoms with E-state index in [0.717, 1.165) is 0 Å². The fraction of sp³-hybridized carbons (Fsp3) is 0.727. The van der Waals surface area contributed by atoms with Gasteiger partial charge >= 0.3 is 36.0 Å². The molecule has 26 heavy (non-hydrogen) atoms. The number of ether oxygens (including phenoxy) is 1. The lowest BCUT2D eigenvalue weighted by atomic mass is 9.97. The molecule has 0 saturated heterocycles. The Morgan fingerprint density at radius 1 is 0.885 bits per heavy atom. The molecule has 15 heteroatoms. The summed E-state index contributed by atoms with van der Waals surface area (Å²) in [4.78, 5) is 10.7. The van der Waals surface area contributed by atoms with E-state index in [0.29, 0.717) is 0 Å². The molecule has 0 rings (SSSR count). The van der Waals surface area contributed by atoms with Gasteiger partial charge in [0.05, 0.1) is 12.0 Å². The molecule has 1 unspecified atom stereocenters. The minimum atomic E-state index is -7.45. The Hall–Kier alpha value is -1.70. The van der Waals surface area contributed by atoms with Crippen molar-refractivity contribution in [3.63, 3.8) is 0 Å². The van der Waals surface area contributed by atoms with E-state index in [1.54, 1.807) is 0 Å². The Kier molecular flexibility index (Phi) is 6.67. The van der Waals surface area contributed by atoms with Gasteiger partial charge in [-0.05, 0) is 0 Å². The first-order valence-corrected chi connectivity index (χ1v) is 5.93. The Morgan fingerprint density at radius 3 is 1.65 bits per heavy atom. The van der Waals surface area contributed by atoms with Gasteiger partial charge in [0, 0.05) is 0 Å². The average Bonchev–Trinajstić information content (AvgIpc) is 2.43. The van der Waals surface area contributed by atoms with Gasteiger partial charge in [-0.25, -0.2) is 13.6 Å². The maximum atomic E-state index is 13.2. The predicted molar refractivity (Wildman–Crippen MR) is 56.6 cm³/mol. The minimum absolute atomic E-state index is 1.60. The van der Waals surface area contributed by atoms with Crippen molar-refractivity contribution in [3.8, 4) is 0 Å². The quantitative estimate of drug-likeness (QED) is 0.320. The number of hydrogen-bond donors (Lipinski definition) is 0. The zero-order valence-electron chi connectivity index (χ0n) is 11.9. The second-order valence-corrected chi connectivity index (χ2v) is 4.70. The summed E-state index contributed by atoms with van der Waals surface area (Å²) in [5, 5.41) is 0. The largest absolute Gasteiger partial charge is 0.473 e. The molecule has 0 heterocycles. The van der Waals surface area contributed by atoms with Gasteiger partial charge < -0.3 is 4.74 Å². The van der Waals surface area contributed by atoms with Gasteiger partial charge in [-0.2, -0.15) is 48.3 Å². The monoisotopic (exact) mass is 418 g/mol. The molecule has 0 aliphatic heterocycles. The first-order valence-electron chi connectivity index (χ1n) is 5.93. The fourth-order valence-electron chi connectivity index (χ4n) is 1.23. The molecule has 0 aromatic carbocycles. The zero-order chi connectivity index (χ0) is 21.4. The van der Waals surface area contributed by atoms with E-state index >= 15 is 0 Å². The fourth-order valence-corrected chi connectivity index (χ4v) is 1.23. The van der Waals surface area contributed by atoms with Crippen LogP contribution in [-0.2, 0) is 9.53 Å². The molecule has 0 aromatic heterocycles. The van der Waals surface area contributed by atoms with E-state index in [9.17, 15) is 61.9 Å². The summed E-state index contributed by atoms with van der Waals surface area (Å²) in [6.45, 7) is 0.389. The van der Waals surface area contributed by atoms with Gasteiger partial charge in [0.2, 0.25) is 0 Å². The standard InChI is InChI=1S/C11H7F13O2/c1-4(3-12)6(25)26-11(23,24)10(21,22)9(19,20)8(17,18)5(13)2-7(14,15)16/h5H,1-3H2. The summed E-state index contributed by atoms with van der Waals surface area (Å²) in [7, 11) is 0. The highest BCUT2D eigenvalue weighted by Gasteiger charge is 2.84. The number of rotatable bonds is 8. The number of alkyl halides is 13. The van der Waals surface area contributed by atoms with Crippen LogP contribution in [0, 0.1) is 0 Å². The van der Waals surface area contributed by atoms with E-state index in [-0.39, 0.29) is 0 Å². The van der Waals surface area contributed by atoms with Gasteiger partial charge in [0.25, 0.3) is 0 Å². The Balaban J connectivity index is 5.83. The number of halogens is 13. The van der Waals surface area contributed by atoms with E-state index in [2.05, 4.69) is 11.3 Å². The van der Waals surface area contributed by atoms with Crippen molar-refractivity contribution in [1.82, 2.24) is 0 Å². The first kappa shape index (κ1) is 24.3. The third-order valence-electron chi connectivity index (χ3n) is 2.65. The molecule has 0 spiro atoms. The van der Waals surface area contributed by atoms with Crippen LogP contribution in [0.1, 0.15) is 6.42 Å². The molecular weight excluding hydrogens is 411 g/mol. The third kappa shape index (κ3) is 4.52. The van der Waals surface area contributed by atoms with Crippen LogP contribution in [0.5, 0.6) is 0 Å². The van der Waals surface area contributed by atoms with Crippen molar-refractivity contribution >= 4 is 5.97 Å². The molecule has 154 valence electrons. The average molecular weight is 418 g/mol. The first-order chi connectivity index (χ1) is 11.2. The van der Waals surface area contributed by atoms with Crippen molar-refractivity contribution in [2.24, 2.45) is 0 Å². The SMILES string of the molecule is C=C(CF)C(=O)OC(F)(F)C(F)(F)C(F)(F)C(F)(F)C(F)CC(F)(F)F. The summed E-state index contributed by atoms with van der Waals surface area (Å²) in [6, 6.07) is 0. The number of esters is 1. The lowest BCUT2D eigenvalue weighted by molar-refractivity contribution is -0.422. The lowest BCUT2D eigenvalue weighted by Crippen LogP contribution is -2.66. The summed E-state index contributed by atoms with van der Waals surface area (Å²) in [5.74, 6) is -24.5. The van der Waals surface area contributed by atoms with Crippen molar-refractivity contribution in [1.29, 1.82) is 0 Å². The molecule has 0 aliphatic carbocycles. The van der Waals surface area contributed by atoms with Crippen molar-refractivity contribution in [2.75, 3.05) is 6.67 Å². The van der Waals surface area contributed by atoms with Crippen LogP contribution in [0.15, 0.2) is 12.2 Å². The number of carbonyl (C=O) groups is 1. The number of hydrogen-bond acceptors (Lipinski definition) is 2. The molecule has 0 aromatic rings. The maximum absolute atomic E-state index is 13.2. The molecule has 1 atom stereocenters. The Labute approximate surface area is 135 Å². The van der Waals surface area contributed by atoms with Gasteiger partial charge in [0.15, 0.2) is 6.17 Å². The van der Waals surface area contributed by atoms with E-state index in [4.69, 9.17) is 0 Å². The van der Waals surface area contributed by atoms with Crippen LogP contribution in [0.25, 0.3) is 0 Å². The molecule has 0 radical (unpaired) electrons.